The fourth-order valence-corrected chi connectivity index (χ4v) is 4.58. The van der Waals surface area contributed by atoms with E-state index in [0.717, 1.165) is 18.4 Å². The maximum absolute atomic E-state index is 6.11. The molecule has 0 aromatic heterocycles. The van der Waals surface area contributed by atoms with E-state index in [0.29, 0.717) is 22.9 Å². The van der Waals surface area contributed by atoms with Gasteiger partial charge in [0.05, 0.1) is 0 Å². The first-order valence-corrected chi connectivity index (χ1v) is 8.92. The maximum atomic E-state index is 6.11. The zero-order valence-electron chi connectivity index (χ0n) is 15.0. The molecule has 0 amide bonds. The molecule has 2 aliphatic rings. The van der Waals surface area contributed by atoms with Gasteiger partial charge in [0.1, 0.15) is 13.3 Å². The summed E-state index contributed by atoms with van der Waals surface area (Å²) in [5.41, 5.74) is 6.90. The monoisotopic (exact) mass is 293 g/mol. The Kier molecular flexibility index (Phi) is 4.87. The van der Waals surface area contributed by atoms with Gasteiger partial charge in [0, 0.05) is 24.3 Å². The molecule has 0 saturated heterocycles. The van der Waals surface area contributed by atoms with Crippen LogP contribution in [0.4, 0.5) is 0 Å². The molecule has 0 radical (unpaired) electrons. The molecule has 0 aromatic carbocycles. The summed E-state index contributed by atoms with van der Waals surface area (Å²) in [6.45, 7) is 17.5. The smallest absolute Gasteiger partial charge is 0.152 e. The minimum atomic E-state index is 0.343. The van der Waals surface area contributed by atoms with Gasteiger partial charge < -0.3 is 5.73 Å². The van der Waals surface area contributed by atoms with Crippen molar-refractivity contribution in [2.45, 2.75) is 85.2 Å². The number of nitrogens with two attached hydrogens (primary N) is 1. The average Bonchev–Trinajstić information content (AvgIpc) is 2.95. The fraction of sp³-hybridized carbons (Fsp3) is 0.947. The van der Waals surface area contributed by atoms with Crippen LogP contribution in [0.5, 0.6) is 0 Å². The Hall–Kier alpha value is -0.370. The van der Waals surface area contributed by atoms with Crippen molar-refractivity contribution in [1.29, 1.82) is 0 Å². The van der Waals surface area contributed by atoms with Crippen LogP contribution in [-0.4, -0.2) is 29.9 Å². The van der Waals surface area contributed by atoms with Crippen LogP contribution in [0.1, 0.15) is 73.1 Å². The lowest BCUT2D eigenvalue weighted by molar-refractivity contribution is -0.571. The van der Waals surface area contributed by atoms with Crippen LogP contribution in [0.2, 0.25) is 0 Å². The van der Waals surface area contributed by atoms with Crippen LogP contribution in [0.15, 0.2) is 0 Å². The summed E-state index contributed by atoms with van der Waals surface area (Å²) < 4.78 is 2.41. The van der Waals surface area contributed by atoms with Gasteiger partial charge in [0.2, 0.25) is 0 Å². The van der Waals surface area contributed by atoms with E-state index in [2.05, 4.69) is 45.9 Å². The van der Waals surface area contributed by atoms with E-state index < -0.39 is 0 Å². The molecule has 2 N–H and O–H groups in total. The molecule has 2 rings (SSSR count). The summed E-state index contributed by atoms with van der Waals surface area (Å²) in [4.78, 5) is 0. The number of hydrogen-bond acceptors (Lipinski definition) is 1. The lowest BCUT2D eigenvalue weighted by atomic mass is 9.77. The van der Waals surface area contributed by atoms with E-state index >= 15 is 0 Å². The third kappa shape index (κ3) is 4.09. The minimum Gasteiger partial charge on any atom is -0.328 e. The molecule has 4 atom stereocenters. The zero-order valence-corrected chi connectivity index (χ0v) is 15.0. The van der Waals surface area contributed by atoms with E-state index in [1.54, 1.807) is 0 Å². The first-order chi connectivity index (χ1) is 9.59. The van der Waals surface area contributed by atoms with Crippen LogP contribution in [0.25, 0.3) is 0 Å². The van der Waals surface area contributed by atoms with Gasteiger partial charge in [-0.3, -0.25) is 0 Å². The summed E-state index contributed by atoms with van der Waals surface area (Å²) in [7, 11) is 0. The fourth-order valence-electron chi connectivity index (χ4n) is 4.58. The Labute approximate surface area is 132 Å². The van der Waals surface area contributed by atoms with Crippen molar-refractivity contribution in [3.8, 4) is 0 Å². The predicted molar refractivity (Wildman–Crippen MR) is 91.9 cm³/mol. The van der Waals surface area contributed by atoms with E-state index in [-0.39, 0.29) is 0 Å². The maximum Gasteiger partial charge on any atom is 0.152 e. The first-order valence-electron chi connectivity index (χ1n) is 8.92. The van der Waals surface area contributed by atoms with Crippen molar-refractivity contribution in [3.63, 3.8) is 0 Å². The second-order valence-corrected chi connectivity index (χ2v) is 9.54. The summed E-state index contributed by atoms with van der Waals surface area (Å²) >= 11 is 0. The molecule has 21 heavy (non-hydrogen) atoms. The second-order valence-electron chi connectivity index (χ2n) is 9.54. The molecule has 2 nitrogen and oxygen atoms in total. The Balaban J connectivity index is 1.90. The van der Waals surface area contributed by atoms with Gasteiger partial charge in [-0.15, -0.1) is 0 Å². The molecule has 0 aliphatic heterocycles. The molecule has 0 spiro atoms. The lowest BCUT2D eigenvalue weighted by Gasteiger charge is -2.31. The minimum absolute atomic E-state index is 0.343. The quantitative estimate of drug-likeness (QED) is 0.614. The third-order valence-corrected chi connectivity index (χ3v) is 6.34. The molecule has 0 bridgehead atoms. The molecule has 0 aromatic rings. The molecular formula is C19H37N2+. The highest BCUT2D eigenvalue weighted by Crippen LogP contribution is 2.42. The van der Waals surface area contributed by atoms with Gasteiger partial charge in [-0.2, -0.15) is 0 Å². The lowest BCUT2D eigenvalue weighted by Crippen LogP contribution is -2.37. The topological polar surface area (TPSA) is 29.0 Å². The van der Waals surface area contributed by atoms with Crippen molar-refractivity contribution < 1.29 is 4.58 Å². The van der Waals surface area contributed by atoms with Crippen LogP contribution in [0, 0.1) is 22.7 Å². The van der Waals surface area contributed by atoms with E-state index in [9.17, 15) is 0 Å². The van der Waals surface area contributed by atoms with Crippen LogP contribution in [0.3, 0.4) is 0 Å². The molecule has 0 heterocycles. The standard InChI is InChI=1S/C19H37N2/c1-18(2,3)14-8-10-17(12-14)21(6)13-19(4,5)15-7-9-16(20)11-15/h14-17H,6-13,20H2,1-5H3/q+1/t14?,15?,16?,17-/m1/s1. The summed E-state index contributed by atoms with van der Waals surface area (Å²) in [5.74, 6) is 1.63. The summed E-state index contributed by atoms with van der Waals surface area (Å²) in [6, 6.07) is 1.12. The molecule has 2 fully saturated rings. The van der Waals surface area contributed by atoms with Crippen molar-refractivity contribution in [1.82, 2.24) is 0 Å². The highest BCUT2D eigenvalue weighted by molar-refractivity contribution is 5.15. The van der Waals surface area contributed by atoms with Gasteiger partial charge >= 0.3 is 0 Å². The highest BCUT2D eigenvalue weighted by Gasteiger charge is 2.42. The van der Waals surface area contributed by atoms with Gasteiger partial charge in [-0.25, -0.2) is 4.58 Å². The number of hydrogen-bond donors (Lipinski definition) is 1. The third-order valence-electron chi connectivity index (χ3n) is 6.34. The zero-order chi connectivity index (χ0) is 15.8. The Bertz CT molecular complexity index is 378. The second kappa shape index (κ2) is 6.02. The first kappa shape index (κ1) is 17.0. The van der Waals surface area contributed by atoms with Crippen LogP contribution < -0.4 is 5.73 Å². The molecule has 2 saturated carbocycles. The highest BCUT2D eigenvalue weighted by atomic mass is 15.0. The number of nitrogens with zero attached hydrogens (tertiary/aromatic N) is 1. The average molecular weight is 294 g/mol. The number of rotatable bonds is 4. The Morgan fingerprint density at radius 1 is 0.952 bits per heavy atom. The van der Waals surface area contributed by atoms with E-state index in [1.165, 1.54) is 38.5 Å². The molecule has 2 heteroatoms. The van der Waals surface area contributed by atoms with Crippen molar-refractivity contribution in [2.24, 2.45) is 28.4 Å². The summed E-state index contributed by atoms with van der Waals surface area (Å²) in [6.07, 6.45) is 7.74. The van der Waals surface area contributed by atoms with Crippen molar-refractivity contribution >= 4 is 6.72 Å². The van der Waals surface area contributed by atoms with Crippen molar-refractivity contribution in [3.05, 3.63) is 0 Å². The van der Waals surface area contributed by atoms with Crippen molar-refractivity contribution in [2.75, 3.05) is 6.54 Å². The molecule has 122 valence electrons. The SMILES string of the molecule is C=[N+](CC(C)(C)C1CCC(N)C1)[C@@H]1CCC(C(C)(C)C)C1. The predicted octanol–water partition coefficient (Wildman–Crippen LogP) is 4.07. The molecular weight excluding hydrogens is 256 g/mol. The Morgan fingerprint density at radius 3 is 2.05 bits per heavy atom. The van der Waals surface area contributed by atoms with Crippen LogP contribution >= 0.6 is 0 Å². The van der Waals surface area contributed by atoms with Crippen LogP contribution in [-0.2, 0) is 0 Å². The largest absolute Gasteiger partial charge is 0.328 e. The summed E-state index contributed by atoms with van der Waals surface area (Å²) in [5, 5.41) is 0. The van der Waals surface area contributed by atoms with E-state index in [1.807, 2.05) is 0 Å². The molecule has 3 unspecified atom stereocenters. The Morgan fingerprint density at radius 2 is 1.57 bits per heavy atom. The van der Waals surface area contributed by atoms with Gasteiger partial charge in [-0.1, -0.05) is 34.6 Å². The molecule has 2 aliphatic carbocycles. The normalized spacial score (nSPS) is 34.4. The van der Waals surface area contributed by atoms with Gasteiger partial charge in [0.15, 0.2) is 6.04 Å². The van der Waals surface area contributed by atoms with E-state index in [4.69, 9.17) is 5.73 Å². The van der Waals surface area contributed by atoms with Gasteiger partial charge in [0.25, 0.3) is 0 Å². The van der Waals surface area contributed by atoms with Gasteiger partial charge in [-0.05, 0) is 42.9 Å².